The molecular formula is C16H20O3. The van der Waals surface area contributed by atoms with Crippen LogP contribution in [-0.2, 0) is 11.2 Å². The van der Waals surface area contributed by atoms with Gasteiger partial charge < -0.3 is 9.47 Å². The zero-order chi connectivity index (χ0) is 13.1. The number of carbonyl (C=O) groups excluding carboxylic acids is 1. The lowest BCUT2D eigenvalue weighted by Gasteiger charge is -2.21. The second-order valence-corrected chi connectivity index (χ2v) is 5.52. The van der Waals surface area contributed by atoms with Gasteiger partial charge in [0.15, 0.2) is 11.5 Å². The van der Waals surface area contributed by atoms with Crippen molar-refractivity contribution in [2.45, 2.75) is 38.5 Å². The molecule has 0 atom stereocenters. The van der Waals surface area contributed by atoms with Crippen LogP contribution in [0.1, 0.15) is 37.7 Å². The van der Waals surface area contributed by atoms with Gasteiger partial charge in [-0.05, 0) is 42.9 Å². The summed E-state index contributed by atoms with van der Waals surface area (Å²) in [6.07, 6.45) is 5.57. The number of hydrogen-bond donors (Lipinski definition) is 0. The van der Waals surface area contributed by atoms with Crippen LogP contribution in [0.3, 0.4) is 0 Å². The topological polar surface area (TPSA) is 35.5 Å². The number of Topliss-reactive ketones (excluding diaryl/α,β-unsaturated/α-hetero) is 1. The average molecular weight is 260 g/mol. The van der Waals surface area contributed by atoms with Crippen molar-refractivity contribution >= 4 is 5.78 Å². The van der Waals surface area contributed by atoms with Crippen molar-refractivity contribution in [2.75, 3.05) is 13.2 Å². The molecule has 2 aliphatic rings. The predicted molar refractivity (Wildman–Crippen MR) is 72.7 cm³/mol. The first kappa shape index (κ1) is 12.5. The molecule has 0 N–H and O–H groups in total. The van der Waals surface area contributed by atoms with Gasteiger partial charge in [0, 0.05) is 19.3 Å². The molecule has 0 bridgehead atoms. The van der Waals surface area contributed by atoms with E-state index in [4.69, 9.17) is 9.47 Å². The number of ether oxygens (including phenoxy) is 2. The van der Waals surface area contributed by atoms with Crippen molar-refractivity contribution in [1.29, 1.82) is 0 Å². The van der Waals surface area contributed by atoms with Gasteiger partial charge in [0.25, 0.3) is 0 Å². The molecule has 0 spiro atoms. The van der Waals surface area contributed by atoms with Gasteiger partial charge in [-0.3, -0.25) is 4.79 Å². The van der Waals surface area contributed by atoms with Crippen LogP contribution >= 0.6 is 0 Å². The average Bonchev–Trinajstić information content (AvgIpc) is 2.66. The molecule has 1 saturated carbocycles. The third-order valence-corrected chi connectivity index (χ3v) is 4.00. The molecule has 102 valence electrons. The smallest absolute Gasteiger partial charge is 0.161 e. The fourth-order valence-electron chi connectivity index (χ4n) is 2.87. The molecule has 1 aromatic rings. The maximum atomic E-state index is 11.3. The summed E-state index contributed by atoms with van der Waals surface area (Å²) in [4.78, 5) is 11.3. The summed E-state index contributed by atoms with van der Waals surface area (Å²) in [5, 5.41) is 0. The molecule has 0 unspecified atom stereocenters. The van der Waals surface area contributed by atoms with E-state index in [1.165, 1.54) is 5.56 Å². The summed E-state index contributed by atoms with van der Waals surface area (Å²) in [6.45, 7) is 1.46. The SMILES string of the molecule is O=C1CCC(Cc2ccc3c(c2)OCCCO3)CC1. The molecule has 19 heavy (non-hydrogen) atoms. The van der Waals surface area contributed by atoms with E-state index in [0.29, 0.717) is 11.7 Å². The number of carbonyl (C=O) groups is 1. The van der Waals surface area contributed by atoms with Crippen LogP contribution in [0.15, 0.2) is 18.2 Å². The monoisotopic (exact) mass is 260 g/mol. The molecule has 1 aromatic carbocycles. The Morgan fingerprint density at radius 1 is 1.05 bits per heavy atom. The first-order valence-electron chi connectivity index (χ1n) is 7.21. The first-order valence-corrected chi connectivity index (χ1v) is 7.21. The van der Waals surface area contributed by atoms with Crippen molar-refractivity contribution in [3.63, 3.8) is 0 Å². The lowest BCUT2D eigenvalue weighted by Crippen LogP contribution is -2.15. The minimum atomic E-state index is 0.426. The summed E-state index contributed by atoms with van der Waals surface area (Å²) >= 11 is 0. The first-order chi connectivity index (χ1) is 9.31. The lowest BCUT2D eigenvalue weighted by atomic mass is 9.84. The third-order valence-electron chi connectivity index (χ3n) is 4.00. The van der Waals surface area contributed by atoms with Crippen LogP contribution < -0.4 is 9.47 Å². The molecule has 1 aliphatic carbocycles. The molecule has 1 aliphatic heterocycles. The van der Waals surface area contributed by atoms with Crippen molar-refractivity contribution in [3.05, 3.63) is 23.8 Å². The van der Waals surface area contributed by atoms with Crippen molar-refractivity contribution in [1.82, 2.24) is 0 Å². The van der Waals surface area contributed by atoms with Gasteiger partial charge >= 0.3 is 0 Å². The van der Waals surface area contributed by atoms with Crippen molar-refractivity contribution < 1.29 is 14.3 Å². The van der Waals surface area contributed by atoms with Crippen LogP contribution in [0.2, 0.25) is 0 Å². The Balaban J connectivity index is 1.68. The summed E-state index contributed by atoms with van der Waals surface area (Å²) < 4.78 is 11.4. The Morgan fingerprint density at radius 3 is 2.58 bits per heavy atom. The zero-order valence-electron chi connectivity index (χ0n) is 11.2. The van der Waals surface area contributed by atoms with E-state index in [9.17, 15) is 4.79 Å². The van der Waals surface area contributed by atoms with E-state index in [1.54, 1.807) is 0 Å². The van der Waals surface area contributed by atoms with Gasteiger partial charge in [0.2, 0.25) is 0 Å². The Hall–Kier alpha value is -1.51. The van der Waals surface area contributed by atoms with Crippen LogP contribution in [0.25, 0.3) is 0 Å². The molecule has 0 radical (unpaired) electrons. The molecular weight excluding hydrogens is 240 g/mol. The highest BCUT2D eigenvalue weighted by Crippen LogP contribution is 2.32. The zero-order valence-corrected chi connectivity index (χ0v) is 11.2. The van der Waals surface area contributed by atoms with E-state index >= 15 is 0 Å². The minimum Gasteiger partial charge on any atom is -0.490 e. The molecule has 0 saturated heterocycles. The fraction of sp³-hybridized carbons (Fsp3) is 0.562. The molecule has 3 rings (SSSR count). The standard InChI is InChI=1S/C16H20O3/c17-14-5-2-12(3-6-14)10-13-4-7-15-16(11-13)19-9-1-8-18-15/h4,7,11-12H,1-3,5-6,8-10H2. The Kier molecular flexibility index (Phi) is 3.72. The molecule has 1 fully saturated rings. The van der Waals surface area contributed by atoms with E-state index < -0.39 is 0 Å². The Bertz CT molecular complexity index is 457. The molecule has 0 amide bonds. The Morgan fingerprint density at radius 2 is 1.79 bits per heavy atom. The second kappa shape index (κ2) is 5.64. The number of rotatable bonds is 2. The quantitative estimate of drug-likeness (QED) is 0.819. The third kappa shape index (κ3) is 3.09. The van der Waals surface area contributed by atoms with Gasteiger partial charge in [0.1, 0.15) is 5.78 Å². The Labute approximate surface area is 113 Å². The maximum absolute atomic E-state index is 11.3. The highest BCUT2D eigenvalue weighted by Gasteiger charge is 2.19. The predicted octanol–water partition coefficient (Wildman–Crippen LogP) is 3.15. The summed E-state index contributed by atoms with van der Waals surface area (Å²) in [6, 6.07) is 6.25. The normalized spacial score (nSPS) is 20.1. The highest BCUT2D eigenvalue weighted by atomic mass is 16.5. The molecule has 3 heteroatoms. The number of benzene rings is 1. The van der Waals surface area contributed by atoms with Crippen molar-refractivity contribution in [2.24, 2.45) is 5.92 Å². The van der Waals surface area contributed by atoms with Crippen LogP contribution in [0, 0.1) is 5.92 Å². The second-order valence-electron chi connectivity index (χ2n) is 5.52. The van der Waals surface area contributed by atoms with Gasteiger partial charge in [-0.2, -0.15) is 0 Å². The van der Waals surface area contributed by atoms with E-state index in [1.807, 2.05) is 6.07 Å². The lowest BCUT2D eigenvalue weighted by molar-refractivity contribution is -0.121. The van der Waals surface area contributed by atoms with E-state index in [0.717, 1.165) is 63.2 Å². The fourth-order valence-corrected chi connectivity index (χ4v) is 2.87. The van der Waals surface area contributed by atoms with Crippen LogP contribution in [0.5, 0.6) is 11.5 Å². The van der Waals surface area contributed by atoms with Crippen molar-refractivity contribution in [3.8, 4) is 11.5 Å². The van der Waals surface area contributed by atoms with Gasteiger partial charge in [-0.15, -0.1) is 0 Å². The van der Waals surface area contributed by atoms with Gasteiger partial charge in [-0.25, -0.2) is 0 Å². The molecule has 1 heterocycles. The van der Waals surface area contributed by atoms with Gasteiger partial charge in [0.05, 0.1) is 13.2 Å². The summed E-state index contributed by atoms with van der Waals surface area (Å²) in [5.41, 5.74) is 1.29. The largest absolute Gasteiger partial charge is 0.490 e. The molecule has 0 aromatic heterocycles. The highest BCUT2D eigenvalue weighted by molar-refractivity contribution is 5.79. The minimum absolute atomic E-state index is 0.426. The summed E-state index contributed by atoms with van der Waals surface area (Å²) in [7, 11) is 0. The van der Waals surface area contributed by atoms with Gasteiger partial charge in [-0.1, -0.05) is 6.07 Å². The number of fused-ring (bicyclic) bond motifs is 1. The van der Waals surface area contributed by atoms with Crippen LogP contribution in [-0.4, -0.2) is 19.0 Å². The number of ketones is 1. The van der Waals surface area contributed by atoms with E-state index in [2.05, 4.69) is 12.1 Å². The maximum Gasteiger partial charge on any atom is 0.161 e. The number of hydrogen-bond acceptors (Lipinski definition) is 3. The molecule has 3 nitrogen and oxygen atoms in total. The van der Waals surface area contributed by atoms with Crippen LogP contribution in [0.4, 0.5) is 0 Å². The summed E-state index contributed by atoms with van der Waals surface area (Å²) in [5.74, 6) is 2.80. The van der Waals surface area contributed by atoms with E-state index in [-0.39, 0.29) is 0 Å².